The van der Waals surface area contributed by atoms with Crippen molar-refractivity contribution in [3.8, 4) is 0 Å². The number of phosphoric acid groups is 2. The van der Waals surface area contributed by atoms with Crippen molar-refractivity contribution < 1.29 is 80.2 Å². The van der Waals surface area contributed by atoms with Crippen LogP contribution in [0.3, 0.4) is 0 Å². The van der Waals surface area contributed by atoms with Gasteiger partial charge in [-0.1, -0.05) is 382 Å². The molecular weight excluding hydrogens is 1330 g/mol. The van der Waals surface area contributed by atoms with E-state index in [1.807, 2.05) is 0 Å². The van der Waals surface area contributed by atoms with Gasteiger partial charge >= 0.3 is 39.5 Å². The summed E-state index contributed by atoms with van der Waals surface area (Å²) in [5.41, 5.74) is 0. The van der Waals surface area contributed by atoms with Gasteiger partial charge in [-0.05, 0) is 43.4 Å². The van der Waals surface area contributed by atoms with E-state index in [0.717, 1.165) is 114 Å². The molecule has 0 fully saturated rings. The number of hydrogen-bond acceptors (Lipinski definition) is 15. The van der Waals surface area contributed by atoms with Crippen molar-refractivity contribution in [3.05, 3.63) is 0 Å². The molecule has 0 aliphatic rings. The highest BCUT2D eigenvalue weighted by Gasteiger charge is 2.30. The first-order valence-electron chi connectivity index (χ1n) is 42.9. The third kappa shape index (κ3) is 74.9. The van der Waals surface area contributed by atoms with Crippen molar-refractivity contribution >= 4 is 39.5 Å². The van der Waals surface area contributed by atoms with Crippen molar-refractivity contribution in [3.63, 3.8) is 0 Å². The first kappa shape index (κ1) is 100. The van der Waals surface area contributed by atoms with E-state index in [1.54, 1.807) is 0 Å². The van der Waals surface area contributed by atoms with Gasteiger partial charge in [-0.25, -0.2) is 9.13 Å². The average Bonchev–Trinajstić information content (AvgIpc) is 0.936. The fraction of sp³-hybridized carbons (Fsp3) is 0.952. The smallest absolute Gasteiger partial charge is 0.462 e. The van der Waals surface area contributed by atoms with E-state index in [4.69, 9.17) is 37.0 Å². The number of unbranched alkanes of at least 4 members (excludes halogenated alkanes) is 48. The maximum absolute atomic E-state index is 13.1. The molecule has 0 bridgehead atoms. The molecule has 3 N–H and O–H groups in total. The van der Waals surface area contributed by atoms with Gasteiger partial charge in [-0.15, -0.1) is 0 Å². The molecule has 0 rings (SSSR count). The number of carbonyl (C=O) groups excluding carboxylic acids is 4. The van der Waals surface area contributed by atoms with E-state index in [-0.39, 0.29) is 25.7 Å². The fourth-order valence-electron chi connectivity index (χ4n) is 12.8. The summed E-state index contributed by atoms with van der Waals surface area (Å²) in [7, 11) is -9.92. The lowest BCUT2D eigenvalue weighted by Crippen LogP contribution is -2.30. The minimum absolute atomic E-state index is 0.107. The normalized spacial score (nSPS) is 14.2. The summed E-state index contributed by atoms with van der Waals surface area (Å²) in [5.74, 6) is 0.216. The van der Waals surface area contributed by atoms with E-state index >= 15 is 0 Å². The van der Waals surface area contributed by atoms with Gasteiger partial charge in [0.15, 0.2) is 12.2 Å². The Balaban J connectivity index is 5.24. The number of ether oxygens (including phenoxy) is 4. The predicted octanol–water partition coefficient (Wildman–Crippen LogP) is 24.9. The van der Waals surface area contributed by atoms with Gasteiger partial charge in [0.1, 0.15) is 19.3 Å². The molecule has 102 heavy (non-hydrogen) atoms. The average molecular weight is 1490 g/mol. The van der Waals surface area contributed by atoms with Gasteiger partial charge in [0.25, 0.3) is 0 Å². The predicted molar refractivity (Wildman–Crippen MR) is 418 cm³/mol. The summed E-state index contributed by atoms with van der Waals surface area (Å²) in [5, 5.41) is 10.7. The maximum atomic E-state index is 13.1. The molecule has 0 aromatic heterocycles. The van der Waals surface area contributed by atoms with Crippen LogP contribution in [-0.2, 0) is 65.4 Å². The lowest BCUT2D eigenvalue weighted by molar-refractivity contribution is -0.161. The largest absolute Gasteiger partial charge is 0.472 e. The van der Waals surface area contributed by atoms with Crippen molar-refractivity contribution in [1.82, 2.24) is 0 Å². The number of esters is 4. The molecule has 0 aliphatic carbocycles. The zero-order chi connectivity index (χ0) is 75.1. The van der Waals surface area contributed by atoms with Crippen LogP contribution in [0.2, 0.25) is 0 Å². The van der Waals surface area contributed by atoms with Crippen LogP contribution >= 0.6 is 15.6 Å². The van der Waals surface area contributed by atoms with Crippen molar-refractivity contribution in [2.45, 2.75) is 452 Å². The van der Waals surface area contributed by atoms with Gasteiger partial charge < -0.3 is 33.8 Å². The molecule has 0 saturated heterocycles. The molecule has 6 atom stereocenters. The van der Waals surface area contributed by atoms with Gasteiger partial charge in [0.05, 0.1) is 26.4 Å². The molecule has 0 aromatic rings. The van der Waals surface area contributed by atoms with E-state index < -0.39 is 97.5 Å². The van der Waals surface area contributed by atoms with Crippen LogP contribution in [0.25, 0.3) is 0 Å². The van der Waals surface area contributed by atoms with Crippen LogP contribution in [0.4, 0.5) is 0 Å². The molecule has 0 spiro atoms. The molecular formula is C83H162O17P2. The highest BCUT2D eigenvalue weighted by molar-refractivity contribution is 7.47. The van der Waals surface area contributed by atoms with Crippen LogP contribution in [0.15, 0.2) is 0 Å². The molecule has 0 radical (unpaired) electrons. The minimum atomic E-state index is -4.96. The molecule has 0 saturated carbocycles. The molecule has 0 amide bonds. The summed E-state index contributed by atoms with van der Waals surface area (Å²) in [6, 6.07) is 0. The third-order valence-corrected chi connectivity index (χ3v) is 21.6. The second-order valence-corrected chi connectivity index (χ2v) is 34.0. The highest BCUT2D eigenvalue weighted by Crippen LogP contribution is 2.45. The SMILES string of the molecule is CCCCCCCCCCCCCCCCCCCCC(=O)O[C@H](COC(=O)CCCCCCCCCCCCCCCCC(C)C)COP(=O)(O)OC[C@@H](O)COP(=O)(O)OC[C@@H](COC(=O)CCCCCCCCC(C)CC)OC(=O)CCCCCCCCCCCCCCCCC(C)C. The third-order valence-electron chi connectivity index (χ3n) is 19.7. The lowest BCUT2D eigenvalue weighted by Gasteiger charge is -2.21. The molecule has 0 aromatic carbocycles. The number of rotatable bonds is 81. The Morgan fingerprint density at radius 1 is 0.284 bits per heavy atom. The lowest BCUT2D eigenvalue weighted by atomic mass is 10.00. The standard InChI is InChI=1S/C83H162O17P2/c1-8-10-11-12-13-14-15-16-17-18-19-20-28-33-38-43-52-59-66-82(87)99-78(70-93-80(85)64-57-50-42-37-32-27-23-21-25-30-35-40-47-54-61-74(3)4)72-97-101(89,90)95-68-77(84)69-96-102(91,92)98-73-79(71-94-81(86)65-58-51-46-45-49-56-63-76(7)9-2)100-83(88)67-60-53-44-39-34-29-24-22-26-31-36-41-48-55-62-75(5)6/h74-79,84H,8-73H2,1-7H3,(H,89,90)(H,91,92)/t76?,77-,78-,79-/m1/s1. The van der Waals surface area contributed by atoms with E-state index in [9.17, 15) is 43.2 Å². The van der Waals surface area contributed by atoms with Crippen LogP contribution in [0.5, 0.6) is 0 Å². The monoisotopic (exact) mass is 1490 g/mol. The Labute approximate surface area is 626 Å². The first-order chi connectivity index (χ1) is 49.3. The molecule has 606 valence electrons. The first-order valence-corrected chi connectivity index (χ1v) is 45.9. The Bertz CT molecular complexity index is 1980. The molecule has 0 heterocycles. The molecule has 3 unspecified atom stereocenters. The van der Waals surface area contributed by atoms with Crippen LogP contribution in [-0.4, -0.2) is 96.7 Å². The van der Waals surface area contributed by atoms with E-state index in [1.165, 1.54) is 238 Å². The van der Waals surface area contributed by atoms with Gasteiger partial charge in [0, 0.05) is 25.7 Å². The number of aliphatic hydroxyl groups excluding tert-OH is 1. The van der Waals surface area contributed by atoms with Crippen molar-refractivity contribution in [2.24, 2.45) is 17.8 Å². The Hall–Kier alpha value is -1.94. The number of aliphatic hydroxyl groups is 1. The van der Waals surface area contributed by atoms with Crippen LogP contribution in [0, 0.1) is 17.8 Å². The summed E-state index contributed by atoms with van der Waals surface area (Å²) in [4.78, 5) is 73.1. The number of hydrogen-bond donors (Lipinski definition) is 3. The van der Waals surface area contributed by atoms with E-state index in [0.29, 0.717) is 25.7 Å². The summed E-state index contributed by atoms with van der Waals surface area (Å²) in [6.45, 7) is 12.0. The fourth-order valence-corrected chi connectivity index (χ4v) is 14.4. The topological polar surface area (TPSA) is 237 Å². The van der Waals surface area contributed by atoms with Gasteiger partial charge in [-0.2, -0.15) is 0 Å². The molecule has 17 nitrogen and oxygen atoms in total. The zero-order valence-electron chi connectivity index (χ0n) is 67.1. The van der Waals surface area contributed by atoms with E-state index in [2.05, 4.69) is 48.5 Å². The Morgan fingerprint density at radius 3 is 0.745 bits per heavy atom. The van der Waals surface area contributed by atoms with Crippen molar-refractivity contribution in [2.75, 3.05) is 39.6 Å². The number of phosphoric ester groups is 2. The second-order valence-electron chi connectivity index (χ2n) is 31.1. The number of carbonyl (C=O) groups is 4. The summed E-state index contributed by atoms with van der Waals surface area (Å²) < 4.78 is 68.8. The van der Waals surface area contributed by atoms with Gasteiger partial charge in [0.2, 0.25) is 0 Å². The van der Waals surface area contributed by atoms with Crippen LogP contribution < -0.4 is 0 Å². The molecule has 19 heteroatoms. The highest BCUT2D eigenvalue weighted by atomic mass is 31.2. The summed E-state index contributed by atoms with van der Waals surface area (Å²) in [6.07, 6.45) is 62.4. The van der Waals surface area contributed by atoms with Crippen molar-refractivity contribution in [1.29, 1.82) is 0 Å². The Kier molecular flexibility index (Phi) is 71.8. The minimum Gasteiger partial charge on any atom is -0.462 e. The quantitative estimate of drug-likeness (QED) is 0.0222. The molecule has 0 aliphatic heterocycles. The zero-order valence-corrected chi connectivity index (χ0v) is 68.9. The maximum Gasteiger partial charge on any atom is 0.472 e. The second kappa shape index (κ2) is 73.2. The Morgan fingerprint density at radius 2 is 0.500 bits per heavy atom. The summed E-state index contributed by atoms with van der Waals surface area (Å²) >= 11 is 0. The van der Waals surface area contributed by atoms with Crippen LogP contribution in [0.1, 0.15) is 434 Å². The van der Waals surface area contributed by atoms with Gasteiger partial charge in [-0.3, -0.25) is 37.3 Å².